The van der Waals surface area contributed by atoms with Crippen LogP contribution in [0.15, 0.2) is 72.9 Å². The molecule has 38 heavy (non-hydrogen) atoms. The van der Waals surface area contributed by atoms with E-state index in [1.165, 1.54) is 24.4 Å². The van der Waals surface area contributed by atoms with E-state index in [0.29, 0.717) is 43.0 Å². The van der Waals surface area contributed by atoms with Gasteiger partial charge in [0.1, 0.15) is 12.4 Å². The lowest BCUT2D eigenvalue weighted by Gasteiger charge is -2.31. The van der Waals surface area contributed by atoms with Crippen molar-refractivity contribution in [2.45, 2.75) is 31.5 Å². The number of H-pyrrole nitrogens is 1. The summed E-state index contributed by atoms with van der Waals surface area (Å²) in [5, 5.41) is 0. The van der Waals surface area contributed by atoms with E-state index in [-0.39, 0.29) is 23.8 Å². The number of hydrogen-bond acceptors (Lipinski definition) is 4. The summed E-state index contributed by atoms with van der Waals surface area (Å²) in [7, 11) is 0. The van der Waals surface area contributed by atoms with Crippen molar-refractivity contribution in [3.05, 3.63) is 95.8 Å². The Bertz CT molecular complexity index is 1420. The van der Waals surface area contributed by atoms with Gasteiger partial charge in [-0.15, -0.1) is 0 Å². The normalized spacial score (nSPS) is 15.9. The third kappa shape index (κ3) is 5.69. The van der Waals surface area contributed by atoms with Crippen molar-refractivity contribution in [3.63, 3.8) is 0 Å². The molecule has 3 heterocycles. The molecule has 0 radical (unpaired) electrons. The van der Waals surface area contributed by atoms with Crippen molar-refractivity contribution >= 4 is 6.09 Å². The average Bonchev–Trinajstić information content (AvgIpc) is 3.38. The highest BCUT2D eigenvalue weighted by molar-refractivity contribution is 5.78. The average molecular weight is 525 g/mol. The molecule has 10 heteroatoms. The monoisotopic (exact) mass is 524 g/mol. The van der Waals surface area contributed by atoms with Crippen LogP contribution in [0.1, 0.15) is 35.7 Å². The highest BCUT2D eigenvalue weighted by Gasteiger charge is 2.32. The van der Waals surface area contributed by atoms with E-state index >= 15 is 0 Å². The number of ether oxygens (including phenoxy) is 1. The number of imidazole rings is 1. The number of nitrogens with one attached hydrogen (secondary N) is 1. The van der Waals surface area contributed by atoms with Crippen LogP contribution in [0.3, 0.4) is 0 Å². The number of carbonyl (C=O) groups is 1. The molecule has 1 N–H and O–H groups in total. The van der Waals surface area contributed by atoms with Crippen LogP contribution in [-0.2, 0) is 17.5 Å². The van der Waals surface area contributed by atoms with Gasteiger partial charge in [-0.25, -0.2) is 14.8 Å². The molecule has 6 nitrogen and oxygen atoms in total. The zero-order chi connectivity index (χ0) is 26.7. The van der Waals surface area contributed by atoms with Gasteiger partial charge in [-0.3, -0.25) is 0 Å². The van der Waals surface area contributed by atoms with Gasteiger partial charge in [-0.1, -0.05) is 42.5 Å². The second-order valence-electron chi connectivity index (χ2n) is 9.12. The maximum atomic E-state index is 14.0. The van der Waals surface area contributed by atoms with Gasteiger partial charge in [0.15, 0.2) is 0 Å². The van der Waals surface area contributed by atoms with E-state index in [1.54, 1.807) is 11.0 Å². The number of rotatable bonds is 5. The summed E-state index contributed by atoms with van der Waals surface area (Å²) >= 11 is 0. The molecule has 0 spiro atoms. The molecular formula is C28H24F4N4O2. The van der Waals surface area contributed by atoms with Crippen molar-refractivity contribution in [1.29, 1.82) is 0 Å². The highest BCUT2D eigenvalue weighted by atomic mass is 19.4. The maximum absolute atomic E-state index is 14.0. The minimum atomic E-state index is -4.53. The van der Waals surface area contributed by atoms with Crippen LogP contribution < -0.4 is 0 Å². The molecule has 2 aromatic heterocycles. The van der Waals surface area contributed by atoms with Gasteiger partial charge in [-0.05, 0) is 36.6 Å². The third-order valence-electron chi connectivity index (χ3n) is 6.47. The molecule has 1 fully saturated rings. The fourth-order valence-electron chi connectivity index (χ4n) is 4.58. The van der Waals surface area contributed by atoms with E-state index in [0.717, 1.165) is 17.7 Å². The molecule has 0 bridgehead atoms. The maximum Gasteiger partial charge on any atom is 0.416 e. The van der Waals surface area contributed by atoms with Crippen LogP contribution in [0.5, 0.6) is 0 Å². The number of piperidine rings is 1. The summed E-state index contributed by atoms with van der Waals surface area (Å²) in [6, 6.07) is 17.0. The fraction of sp³-hybridized carbons (Fsp3) is 0.250. The number of amides is 1. The predicted molar refractivity (Wildman–Crippen MR) is 132 cm³/mol. The van der Waals surface area contributed by atoms with Gasteiger partial charge >= 0.3 is 12.3 Å². The van der Waals surface area contributed by atoms with E-state index in [9.17, 15) is 22.4 Å². The molecule has 1 amide bonds. The zero-order valence-electron chi connectivity index (χ0n) is 20.2. The Morgan fingerprint density at radius 3 is 2.63 bits per heavy atom. The van der Waals surface area contributed by atoms with Gasteiger partial charge in [0, 0.05) is 42.4 Å². The lowest BCUT2D eigenvalue weighted by atomic mass is 9.98. The first kappa shape index (κ1) is 25.4. The van der Waals surface area contributed by atoms with Crippen LogP contribution in [0.2, 0.25) is 0 Å². The predicted octanol–water partition coefficient (Wildman–Crippen LogP) is 6.81. The molecule has 1 aliphatic heterocycles. The topological polar surface area (TPSA) is 71.1 Å². The quantitative estimate of drug-likeness (QED) is 0.230. The molecule has 1 atom stereocenters. The Balaban J connectivity index is 1.43. The van der Waals surface area contributed by atoms with E-state index < -0.39 is 23.8 Å². The zero-order valence-corrected chi connectivity index (χ0v) is 20.2. The SMILES string of the molecule is O=C(OCc1ccccc1)N1CCCC(c2nc(-c3cccc(C(F)(F)F)c3)c(-c3ccnc(F)c3)[nH]2)C1. The molecule has 0 saturated carbocycles. The smallest absolute Gasteiger partial charge is 0.416 e. The molecular weight excluding hydrogens is 500 g/mol. The van der Waals surface area contributed by atoms with Crippen molar-refractivity contribution in [3.8, 4) is 22.5 Å². The molecule has 196 valence electrons. The number of pyridine rings is 1. The first-order valence-corrected chi connectivity index (χ1v) is 12.1. The van der Waals surface area contributed by atoms with Gasteiger partial charge in [-0.2, -0.15) is 17.6 Å². The summed E-state index contributed by atoms with van der Waals surface area (Å²) in [5.74, 6) is -0.429. The minimum Gasteiger partial charge on any atom is -0.445 e. The summed E-state index contributed by atoms with van der Waals surface area (Å²) in [6.45, 7) is 1.00. The number of halogens is 4. The molecule has 1 aliphatic rings. The van der Waals surface area contributed by atoms with Crippen molar-refractivity contribution in [2.24, 2.45) is 0 Å². The fourth-order valence-corrected chi connectivity index (χ4v) is 4.58. The van der Waals surface area contributed by atoms with Crippen LogP contribution in [0, 0.1) is 5.95 Å². The second-order valence-corrected chi connectivity index (χ2v) is 9.12. The number of likely N-dealkylation sites (tertiary alicyclic amines) is 1. The number of alkyl halides is 3. The largest absolute Gasteiger partial charge is 0.445 e. The van der Waals surface area contributed by atoms with Crippen LogP contribution in [-0.4, -0.2) is 39.0 Å². The van der Waals surface area contributed by atoms with E-state index in [2.05, 4.69) is 15.0 Å². The Morgan fingerprint density at radius 1 is 1.05 bits per heavy atom. The molecule has 1 unspecified atom stereocenters. The highest BCUT2D eigenvalue weighted by Crippen LogP contribution is 2.37. The van der Waals surface area contributed by atoms with Crippen LogP contribution >= 0.6 is 0 Å². The number of nitrogens with zero attached hydrogens (tertiary/aromatic N) is 3. The number of aromatic amines is 1. The van der Waals surface area contributed by atoms with Crippen molar-refractivity contribution < 1.29 is 27.1 Å². The van der Waals surface area contributed by atoms with Gasteiger partial charge in [0.05, 0.1) is 17.0 Å². The number of carbonyl (C=O) groups excluding carboxylic acids is 1. The lowest BCUT2D eigenvalue weighted by molar-refractivity contribution is -0.137. The van der Waals surface area contributed by atoms with E-state index in [4.69, 9.17) is 4.74 Å². The van der Waals surface area contributed by atoms with Crippen LogP contribution in [0.25, 0.3) is 22.5 Å². The Kier molecular flexibility index (Phi) is 7.13. The summed E-state index contributed by atoms with van der Waals surface area (Å²) < 4.78 is 59.7. The van der Waals surface area contributed by atoms with Gasteiger partial charge in [0.25, 0.3) is 0 Å². The first-order chi connectivity index (χ1) is 18.3. The Morgan fingerprint density at radius 2 is 1.87 bits per heavy atom. The molecule has 1 saturated heterocycles. The summed E-state index contributed by atoms with van der Waals surface area (Å²) in [4.78, 5) is 25.8. The number of benzene rings is 2. The lowest BCUT2D eigenvalue weighted by Crippen LogP contribution is -2.39. The van der Waals surface area contributed by atoms with Crippen LogP contribution in [0.4, 0.5) is 22.4 Å². The molecule has 2 aromatic carbocycles. The molecule has 5 rings (SSSR count). The molecule has 4 aromatic rings. The third-order valence-corrected chi connectivity index (χ3v) is 6.47. The van der Waals surface area contributed by atoms with E-state index in [1.807, 2.05) is 30.3 Å². The Labute approximate surface area is 216 Å². The standard InChI is InChI=1S/C28H24F4N4O2/c29-23-15-20(11-12-33-23)25-24(19-8-4-10-22(14-19)28(30,31)32)34-26(35-25)21-9-5-13-36(16-21)27(37)38-17-18-6-2-1-3-7-18/h1-4,6-8,10-12,14-15,21H,5,9,13,16-17H2,(H,34,35). The van der Waals surface area contributed by atoms with Gasteiger partial charge in [0.2, 0.25) is 5.95 Å². The summed E-state index contributed by atoms with van der Waals surface area (Å²) in [5.41, 5.74) is 1.35. The first-order valence-electron chi connectivity index (χ1n) is 12.1. The molecule has 0 aliphatic carbocycles. The number of aromatic nitrogens is 3. The van der Waals surface area contributed by atoms with Crippen molar-refractivity contribution in [2.75, 3.05) is 13.1 Å². The van der Waals surface area contributed by atoms with Crippen molar-refractivity contribution in [1.82, 2.24) is 19.9 Å². The minimum absolute atomic E-state index is 0.152. The Hall–Kier alpha value is -4.21. The summed E-state index contributed by atoms with van der Waals surface area (Å²) in [6.07, 6.45) is -2.28. The number of hydrogen-bond donors (Lipinski definition) is 1. The van der Waals surface area contributed by atoms with Gasteiger partial charge < -0.3 is 14.6 Å². The second kappa shape index (κ2) is 10.6.